The minimum Gasteiger partial charge on any atom is -0.508 e. The summed E-state index contributed by atoms with van der Waals surface area (Å²) >= 11 is 0. The molecule has 4 aromatic carbocycles. The van der Waals surface area contributed by atoms with Crippen LogP contribution >= 0.6 is 0 Å². The van der Waals surface area contributed by atoms with E-state index in [1.54, 1.807) is 0 Å². The Labute approximate surface area is 232 Å². The monoisotopic (exact) mass is 562 g/mol. The Balaban J connectivity index is 1.54. The van der Waals surface area contributed by atoms with Gasteiger partial charge < -0.3 is 55.4 Å². The average Bonchev–Trinajstić information content (AvgIpc) is 2.95. The van der Waals surface area contributed by atoms with E-state index in [0.29, 0.717) is 11.1 Å². The Hall–Kier alpha value is -4.84. The van der Waals surface area contributed by atoms with Crippen molar-refractivity contribution in [3.8, 4) is 46.0 Å². The molecule has 0 bridgehead atoms. The summed E-state index contributed by atoms with van der Waals surface area (Å²) in [5.41, 5.74) is 0.884. The molecule has 41 heavy (non-hydrogen) atoms. The molecule has 2 heterocycles. The van der Waals surface area contributed by atoms with E-state index in [1.807, 2.05) is 0 Å². The molecular formula is C30H26O11. The summed E-state index contributed by atoms with van der Waals surface area (Å²) in [6.07, 6.45) is -7.06. The minimum absolute atomic E-state index is 0.0348. The van der Waals surface area contributed by atoms with Gasteiger partial charge in [0.05, 0.1) is 0 Å². The van der Waals surface area contributed by atoms with Crippen molar-refractivity contribution in [3.63, 3.8) is 0 Å². The maximum Gasteiger partial charge on any atom is 0.200 e. The van der Waals surface area contributed by atoms with Gasteiger partial charge in [0.1, 0.15) is 29.8 Å². The molecule has 0 aliphatic carbocycles. The number of fused-ring (bicyclic) bond motifs is 2. The molecule has 6 rings (SSSR count). The lowest BCUT2D eigenvalue weighted by Crippen LogP contribution is -2.38. The summed E-state index contributed by atoms with van der Waals surface area (Å²) in [5, 5.41) is 96.0. The van der Waals surface area contributed by atoms with Gasteiger partial charge in [-0.2, -0.15) is 0 Å². The van der Waals surface area contributed by atoms with Gasteiger partial charge in [0.2, 0.25) is 11.5 Å². The van der Waals surface area contributed by atoms with Crippen LogP contribution in [0.25, 0.3) is 0 Å². The lowest BCUT2D eigenvalue weighted by Gasteiger charge is -2.41. The van der Waals surface area contributed by atoms with Gasteiger partial charge in [-0.3, -0.25) is 0 Å². The van der Waals surface area contributed by atoms with Crippen LogP contribution in [0, 0.1) is 0 Å². The van der Waals surface area contributed by atoms with Crippen LogP contribution in [0.4, 0.5) is 0 Å². The third-order valence-electron chi connectivity index (χ3n) is 7.63. The first-order valence-electron chi connectivity index (χ1n) is 12.7. The van der Waals surface area contributed by atoms with Crippen LogP contribution in [0.15, 0.2) is 66.7 Å². The molecule has 6 atom stereocenters. The van der Waals surface area contributed by atoms with Crippen molar-refractivity contribution in [2.75, 3.05) is 0 Å². The van der Waals surface area contributed by atoms with Crippen molar-refractivity contribution < 1.29 is 55.4 Å². The molecule has 0 amide bonds. The molecule has 2 aliphatic heterocycles. The smallest absolute Gasteiger partial charge is 0.200 e. The summed E-state index contributed by atoms with van der Waals surface area (Å²) in [6, 6.07) is 15.1. The van der Waals surface area contributed by atoms with Crippen molar-refractivity contribution in [1.29, 1.82) is 0 Å². The average molecular weight is 563 g/mol. The first-order valence-corrected chi connectivity index (χ1v) is 12.7. The highest BCUT2D eigenvalue weighted by atomic mass is 16.5. The zero-order valence-electron chi connectivity index (χ0n) is 21.2. The standard InChI is InChI=1S/C30H26O11/c31-14-5-1-12(2-6-14)27-25(38)20(16-9-10-18(33)22(35)29(16)40-27)17-11-19(34)23(36)30-21(17)24(37)26(39)28(41-30)13-3-7-15(32)8-4-13/h1-11,20,24-28,31-39H/t20-,24-,25-,26-,27-,28-/m1/s1. The number of hydrogen-bond donors (Lipinski definition) is 9. The molecule has 0 saturated carbocycles. The Bertz CT molecular complexity index is 1620. The fraction of sp³-hybridized carbons (Fsp3) is 0.200. The molecule has 0 aromatic heterocycles. The van der Waals surface area contributed by atoms with Crippen LogP contribution in [0.3, 0.4) is 0 Å². The molecule has 0 unspecified atom stereocenters. The molecule has 0 spiro atoms. The van der Waals surface area contributed by atoms with E-state index in [2.05, 4.69) is 0 Å². The van der Waals surface area contributed by atoms with E-state index in [1.165, 1.54) is 60.7 Å². The third kappa shape index (κ3) is 4.18. The second kappa shape index (κ2) is 9.66. The molecule has 212 valence electrons. The van der Waals surface area contributed by atoms with Crippen molar-refractivity contribution in [1.82, 2.24) is 0 Å². The van der Waals surface area contributed by atoms with Crippen molar-refractivity contribution in [2.24, 2.45) is 0 Å². The number of aliphatic hydroxyl groups excluding tert-OH is 3. The van der Waals surface area contributed by atoms with E-state index < -0.39 is 59.4 Å². The number of aliphatic hydroxyl groups is 3. The predicted octanol–water partition coefficient (Wildman–Crippen LogP) is 3.07. The minimum atomic E-state index is -1.68. The van der Waals surface area contributed by atoms with Gasteiger partial charge in [-0.15, -0.1) is 0 Å². The first-order chi connectivity index (χ1) is 19.6. The highest BCUT2D eigenvalue weighted by Crippen LogP contribution is 2.57. The predicted molar refractivity (Wildman–Crippen MR) is 141 cm³/mol. The molecule has 4 aromatic rings. The van der Waals surface area contributed by atoms with Crippen LogP contribution in [0.5, 0.6) is 46.0 Å². The summed E-state index contributed by atoms with van der Waals surface area (Å²) in [6.45, 7) is 0. The maximum absolute atomic E-state index is 11.7. The Morgan fingerprint density at radius 3 is 1.61 bits per heavy atom. The van der Waals surface area contributed by atoms with Gasteiger partial charge in [-0.1, -0.05) is 30.3 Å². The van der Waals surface area contributed by atoms with Crippen LogP contribution in [0.2, 0.25) is 0 Å². The number of rotatable bonds is 3. The number of phenols is 6. The van der Waals surface area contributed by atoms with Crippen molar-refractivity contribution in [2.45, 2.75) is 36.4 Å². The molecule has 2 aliphatic rings. The number of phenolic OH excluding ortho intramolecular Hbond substituents is 6. The van der Waals surface area contributed by atoms with E-state index >= 15 is 0 Å². The van der Waals surface area contributed by atoms with Gasteiger partial charge in [-0.25, -0.2) is 0 Å². The Kier molecular flexibility index (Phi) is 6.22. The molecular weight excluding hydrogens is 536 g/mol. The van der Waals surface area contributed by atoms with E-state index in [4.69, 9.17) is 9.47 Å². The van der Waals surface area contributed by atoms with E-state index in [0.717, 1.165) is 6.07 Å². The largest absolute Gasteiger partial charge is 0.508 e. The number of ether oxygens (including phenoxy) is 2. The fourth-order valence-corrected chi connectivity index (χ4v) is 5.59. The first kappa shape index (κ1) is 26.4. The normalized spacial score (nSPS) is 25.0. The van der Waals surface area contributed by atoms with Gasteiger partial charge in [0, 0.05) is 17.0 Å². The highest BCUT2D eigenvalue weighted by Gasteiger charge is 2.47. The summed E-state index contributed by atoms with van der Waals surface area (Å²) in [4.78, 5) is 0. The molecule has 0 radical (unpaired) electrons. The van der Waals surface area contributed by atoms with Crippen LogP contribution in [-0.4, -0.2) is 58.2 Å². The van der Waals surface area contributed by atoms with Crippen LogP contribution in [0.1, 0.15) is 52.0 Å². The highest BCUT2D eigenvalue weighted by molar-refractivity contribution is 5.65. The molecule has 9 N–H and O–H groups in total. The lowest BCUT2D eigenvalue weighted by atomic mass is 9.76. The van der Waals surface area contributed by atoms with E-state index in [9.17, 15) is 46.0 Å². The third-order valence-corrected chi connectivity index (χ3v) is 7.63. The SMILES string of the molecule is Oc1ccc([C@H]2Oc3c(ccc(O)c3O)[C@H](c3cc(O)c(O)c4c3[C@@H](O)[C@@H](O)[C@@H](c3ccc(O)cc3)O4)[C@H]2O)cc1. The second-order valence-electron chi connectivity index (χ2n) is 10.1. The van der Waals surface area contributed by atoms with Crippen LogP contribution in [-0.2, 0) is 0 Å². The Morgan fingerprint density at radius 1 is 0.512 bits per heavy atom. The number of benzene rings is 4. The quantitative estimate of drug-likeness (QED) is 0.166. The van der Waals surface area contributed by atoms with Gasteiger partial charge >= 0.3 is 0 Å². The molecule has 11 heteroatoms. The van der Waals surface area contributed by atoms with Gasteiger partial charge in [-0.05, 0) is 53.1 Å². The molecule has 11 nitrogen and oxygen atoms in total. The number of hydrogen-bond acceptors (Lipinski definition) is 11. The van der Waals surface area contributed by atoms with Gasteiger partial charge in [0.25, 0.3) is 0 Å². The second-order valence-corrected chi connectivity index (χ2v) is 10.1. The van der Waals surface area contributed by atoms with Crippen LogP contribution < -0.4 is 9.47 Å². The lowest BCUT2D eigenvalue weighted by molar-refractivity contribution is -0.0722. The van der Waals surface area contributed by atoms with E-state index in [-0.39, 0.29) is 39.7 Å². The van der Waals surface area contributed by atoms with Crippen molar-refractivity contribution >= 4 is 0 Å². The summed E-state index contributed by atoms with van der Waals surface area (Å²) in [5.74, 6) is -4.17. The zero-order valence-corrected chi connectivity index (χ0v) is 21.2. The topological polar surface area (TPSA) is 201 Å². The molecule has 0 fully saturated rings. The number of aromatic hydroxyl groups is 6. The van der Waals surface area contributed by atoms with Crippen molar-refractivity contribution in [3.05, 3.63) is 94.5 Å². The van der Waals surface area contributed by atoms with Gasteiger partial charge in [0.15, 0.2) is 35.2 Å². The maximum atomic E-state index is 11.7. The summed E-state index contributed by atoms with van der Waals surface area (Å²) < 4.78 is 11.9. The molecule has 0 saturated heterocycles. The fourth-order valence-electron chi connectivity index (χ4n) is 5.59. The summed E-state index contributed by atoms with van der Waals surface area (Å²) in [7, 11) is 0. The Morgan fingerprint density at radius 2 is 1.02 bits per heavy atom. The zero-order chi connectivity index (χ0) is 29.2.